The van der Waals surface area contributed by atoms with E-state index < -0.39 is 0 Å². The molecule has 0 spiro atoms. The molecule has 1 heterocycles. The van der Waals surface area contributed by atoms with Gasteiger partial charge < -0.3 is 14.2 Å². The number of rotatable bonds is 10. The van der Waals surface area contributed by atoms with Crippen molar-refractivity contribution in [1.29, 1.82) is 5.26 Å². The zero-order valence-corrected chi connectivity index (χ0v) is 16.0. The summed E-state index contributed by atoms with van der Waals surface area (Å²) >= 11 is 0. The number of allylic oxidation sites excluding steroid dienone is 6. The minimum Gasteiger partial charge on any atom is -0.377 e. The van der Waals surface area contributed by atoms with Gasteiger partial charge in [0.25, 0.3) is 0 Å². The summed E-state index contributed by atoms with van der Waals surface area (Å²) in [5, 5.41) is 9.04. The van der Waals surface area contributed by atoms with Crippen LogP contribution in [0.25, 0.3) is 0 Å². The van der Waals surface area contributed by atoms with E-state index in [4.69, 9.17) is 14.5 Å². The third kappa shape index (κ3) is 6.20. The smallest absolute Gasteiger partial charge is 0.160 e. The van der Waals surface area contributed by atoms with Gasteiger partial charge in [0.15, 0.2) is 5.78 Å². The molecule has 6 heteroatoms. The third-order valence-electron chi connectivity index (χ3n) is 3.80. The molecule has 0 radical (unpaired) electrons. The summed E-state index contributed by atoms with van der Waals surface area (Å²) in [5.74, 6) is 0.0661. The predicted octanol–water partition coefficient (Wildman–Crippen LogP) is 3.51. The normalized spacial score (nSPS) is 14.1. The first-order valence-electron chi connectivity index (χ1n) is 8.22. The van der Waals surface area contributed by atoms with E-state index in [-0.39, 0.29) is 12.2 Å². The van der Waals surface area contributed by atoms with Crippen LogP contribution >= 0.6 is 9.47 Å². The summed E-state index contributed by atoms with van der Waals surface area (Å²) in [6.07, 6.45) is 5.39. The van der Waals surface area contributed by atoms with E-state index in [1.807, 2.05) is 32.9 Å². The second-order valence-corrected chi connectivity index (χ2v) is 5.98. The molecule has 0 aromatic heterocycles. The summed E-state index contributed by atoms with van der Waals surface area (Å²) in [7, 11) is 2.20. The molecule has 1 aliphatic rings. The van der Waals surface area contributed by atoms with Crippen molar-refractivity contribution >= 4 is 15.2 Å². The van der Waals surface area contributed by atoms with E-state index >= 15 is 0 Å². The van der Waals surface area contributed by atoms with Crippen LogP contribution in [0, 0.1) is 11.3 Å². The van der Waals surface area contributed by atoms with Gasteiger partial charge in [0.2, 0.25) is 0 Å². The van der Waals surface area contributed by atoms with Gasteiger partial charge in [-0.2, -0.15) is 5.26 Å². The Kier molecular flexibility index (Phi) is 9.56. The highest BCUT2D eigenvalue weighted by Gasteiger charge is 2.18. The lowest BCUT2D eigenvalue weighted by Gasteiger charge is -2.30. The average molecular weight is 350 g/mol. The molecule has 0 N–H and O–H groups in total. The quantitative estimate of drug-likeness (QED) is 0.343. The molecule has 0 aromatic carbocycles. The maximum atomic E-state index is 12.3. The topological polar surface area (TPSA) is 62.6 Å². The van der Waals surface area contributed by atoms with Crippen LogP contribution in [0.4, 0.5) is 0 Å². The van der Waals surface area contributed by atoms with Gasteiger partial charge in [0, 0.05) is 39.4 Å². The van der Waals surface area contributed by atoms with E-state index in [9.17, 15) is 4.79 Å². The van der Waals surface area contributed by atoms with Gasteiger partial charge in [-0.05, 0) is 38.0 Å². The van der Waals surface area contributed by atoms with Gasteiger partial charge in [-0.3, -0.25) is 4.79 Å². The lowest BCUT2D eigenvalue weighted by atomic mass is 9.95. The van der Waals surface area contributed by atoms with Gasteiger partial charge in [0.1, 0.15) is 0 Å². The van der Waals surface area contributed by atoms with Crippen LogP contribution in [0.2, 0.25) is 0 Å². The molecule has 0 amide bonds. The molecular formula is C18H27N2O3P. The van der Waals surface area contributed by atoms with Crippen molar-refractivity contribution in [1.82, 2.24) is 4.90 Å². The van der Waals surface area contributed by atoms with E-state index in [1.165, 1.54) is 0 Å². The number of Topliss-reactive ketones (excluding diaryl/α,β-unsaturated/α-hetero) is 1. The third-order valence-corrected chi connectivity index (χ3v) is 4.04. The highest BCUT2D eigenvalue weighted by atomic mass is 31.0. The Morgan fingerprint density at radius 1 is 1.25 bits per heavy atom. The van der Waals surface area contributed by atoms with Crippen LogP contribution in [-0.2, 0) is 14.1 Å². The molecule has 1 rings (SSSR count). The molecule has 132 valence electrons. The van der Waals surface area contributed by atoms with Gasteiger partial charge in [-0.25, -0.2) is 0 Å². The fourth-order valence-corrected chi connectivity index (χ4v) is 2.73. The van der Waals surface area contributed by atoms with Crippen LogP contribution in [-0.4, -0.2) is 37.0 Å². The molecule has 1 unspecified atom stereocenters. The largest absolute Gasteiger partial charge is 0.377 e. The second-order valence-electron chi connectivity index (χ2n) is 5.65. The number of nitriles is 1. The molecule has 0 saturated carbocycles. The van der Waals surface area contributed by atoms with Crippen molar-refractivity contribution in [2.24, 2.45) is 0 Å². The Morgan fingerprint density at radius 2 is 1.92 bits per heavy atom. The van der Waals surface area contributed by atoms with Gasteiger partial charge in [-0.1, -0.05) is 6.92 Å². The molecule has 0 saturated heterocycles. The summed E-state index contributed by atoms with van der Waals surface area (Å²) in [6, 6.07) is 2.11. The Balaban J connectivity index is 2.86. The summed E-state index contributed by atoms with van der Waals surface area (Å²) < 4.78 is 10.4. The maximum absolute atomic E-state index is 12.3. The molecule has 24 heavy (non-hydrogen) atoms. The molecule has 1 atom stereocenters. The summed E-state index contributed by atoms with van der Waals surface area (Å²) in [6.45, 7) is 8.45. The van der Waals surface area contributed by atoms with Crippen LogP contribution in [0.15, 0.2) is 34.7 Å². The van der Waals surface area contributed by atoms with Crippen LogP contribution in [0.1, 0.15) is 40.0 Å². The second kappa shape index (κ2) is 11.1. The number of ether oxygens (including phenoxy) is 1. The number of hydrogen-bond acceptors (Lipinski definition) is 5. The van der Waals surface area contributed by atoms with Crippen molar-refractivity contribution in [3.8, 4) is 6.07 Å². The minimum atomic E-state index is 0.0661. The monoisotopic (exact) mass is 350 g/mol. The van der Waals surface area contributed by atoms with Crippen molar-refractivity contribution < 1.29 is 14.1 Å². The van der Waals surface area contributed by atoms with Crippen molar-refractivity contribution in [3.63, 3.8) is 0 Å². The van der Waals surface area contributed by atoms with Crippen LogP contribution in [0.3, 0.4) is 0 Å². The highest BCUT2D eigenvalue weighted by Crippen LogP contribution is 2.26. The number of nitrogens with zero attached hydrogens (tertiary/aromatic N) is 2. The Bertz CT molecular complexity index is 551. The van der Waals surface area contributed by atoms with Crippen molar-refractivity contribution in [3.05, 3.63) is 34.7 Å². The average Bonchev–Trinajstić information content (AvgIpc) is 2.54. The molecule has 0 aliphatic carbocycles. The molecule has 0 bridgehead atoms. The van der Waals surface area contributed by atoms with E-state index in [0.717, 1.165) is 29.9 Å². The molecule has 0 aromatic rings. The zero-order valence-electron chi connectivity index (χ0n) is 14.8. The van der Waals surface area contributed by atoms with E-state index in [1.54, 1.807) is 0 Å². The Hall–Kier alpha value is -1.47. The first kappa shape index (κ1) is 20.6. The number of carbonyl (C=O) groups is 1. The predicted molar refractivity (Wildman–Crippen MR) is 97.9 cm³/mol. The summed E-state index contributed by atoms with van der Waals surface area (Å²) in [4.78, 5) is 14.4. The number of ketones is 1. The lowest BCUT2D eigenvalue weighted by molar-refractivity contribution is -0.115. The van der Waals surface area contributed by atoms with Crippen LogP contribution < -0.4 is 0 Å². The Morgan fingerprint density at radius 3 is 2.46 bits per heavy atom. The molecular weight excluding hydrogens is 323 g/mol. The van der Waals surface area contributed by atoms with Gasteiger partial charge in [0.05, 0.1) is 32.3 Å². The van der Waals surface area contributed by atoms with Crippen LogP contribution in [0.5, 0.6) is 0 Å². The minimum absolute atomic E-state index is 0.0661. The van der Waals surface area contributed by atoms with Crippen molar-refractivity contribution in [2.75, 3.05) is 26.4 Å². The fraction of sp³-hybridized carbons (Fsp3) is 0.556. The van der Waals surface area contributed by atoms with E-state index in [0.29, 0.717) is 31.8 Å². The summed E-state index contributed by atoms with van der Waals surface area (Å²) in [5.41, 5.74) is 3.58. The SMILES string of the molecule is CCCC(=O)C(CC#N)=C1C=C(C)N(CCOCCOP)C(C)=C1. The van der Waals surface area contributed by atoms with E-state index in [2.05, 4.69) is 20.4 Å². The van der Waals surface area contributed by atoms with Gasteiger partial charge in [-0.15, -0.1) is 0 Å². The first-order valence-corrected chi connectivity index (χ1v) is 8.69. The molecule has 5 nitrogen and oxygen atoms in total. The highest BCUT2D eigenvalue weighted by molar-refractivity contribution is 7.09. The molecule has 0 fully saturated rings. The zero-order chi connectivity index (χ0) is 17.9. The number of carbonyl (C=O) groups excluding carboxylic acids is 1. The molecule has 1 aliphatic heterocycles. The van der Waals surface area contributed by atoms with Gasteiger partial charge >= 0.3 is 0 Å². The van der Waals surface area contributed by atoms with Crippen molar-refractivity contribution in [2.45, 2.75) is 40.0 Å². The standard InChI is InChI=1S/C18H27N2O3P/c1-4-5-18(21)17(6-7-19)16-12-14(2)20(15(3)13-16)8-9-22-10-11-23-24/h12-13H,4-6,8-11,24H2,1-3H3. The fourth-order valence-electron chi connectivity index (χ4n) is 2.64. The first-order chi connectivity index (χ1) is 11.5. The number of hydrogen-bond donors (Lipinski definition) is 0. The maximum Gasteiger partial charge on any atom is 0.160 e. The Labute approximate surface area is 147 Å². The lowest BCUT2D eigenvalue weighted by Crippen LogP contribution is -2.27.